The molecular formula is C26H34N8O2. The first-order valence-corrected chi connectivity index (χ1v) is 12.8. The van der Waals surface area contributed by atoms with Gasteiger partial charge in [0.15, 0.2) is 17.0 Å². The average molecular weight is 491 g/mol. The lowest BCUT2D eigenvalue weighted by Crippen LogP contribution is -2.46. The predicted octanol–water partition coefficient (Wildman–Crippen LogP) is 2.89. The number of hydrogen-bond donors (Lipinski definition) is 1. The fraction of sp³-hybridized carbons (Fsp3) is 0.538. The Kier molecular flexibility index (Phi) is 5.89. The minimum absolute atomic E-state index is 0.204. The van der Waals surface area contributed by atoms with E-state index in [0.717, 1.165) is 78.7 Å². The van der Waals surface area contributed by atoms with Crippen LogP contribution in [0.25, 0.3) is 28.1 Å². The standard InChI is InChI=1S/C26H34N8O2/c1-17(2)21-28-18-8-5-6-9-19(18)34(21)25-30-22-20(23(31-25)33-12-14-36-15-13-33)29-24(32(22)3)26(35-4)10-7-11-27-16-26/h5-6,8-9,17,27H,7,10-16H2,1-4H3. The SMILES string of the molecule is COC1(c2nc3c(N4CCOCC4)nc(-n4c(C(C)C)nc5ccccc54)nc3n2C)CCCNC1. The van der Waals surface area contributed by atoms with Gasteiger partial charge in [0, 0.05) is 39.7 Å². The number of piperidine rings is 1. The summed E-state index contributed by atoms with van der Waals surface area (Å²) in [5, 5.41) is 3.49. The molecule has 6 rings (SSSR count). The van der Waals surface area contributed by atoms with Crippen molar-refractivity contribution >= 4 is 28.0 Å². The highest BCUT2D eigenvalue weighted by atomic mass is 16.5. The third kappa shape index (κ3) is 3.66. The summed E-state index contributed by atoms with van der Waals surface area (Å²) in [5.74, 6) is 3.48. The molecule has 1 aromatic carbocycles. The van der Waals surface area contributed by atoms with Gasteiger partial charge in [0.1, 0.15) is 17.2 Å². The van der Waals surface area contributed by atoms with Crippen molar-refractivity contribution in [1.29, 1.82) is 0 Å². The van der Waals surface area contributed by atoms with Crippen molar-refractivity contribution in [3.63, 3.8) is 0 Å². The third-order valence-electron chi connectivity index (χ3n) is 7.45. The predicted molar refractivity (Wildman–Crippen MR) is 139 cm³/mol. The molecule has 0 saturated carbocycles. The molecule has 5 heterocycles. The second-order valence-corrected chi connectivity index (χ2v) is 10.0. The van der Waals surface area contributed by atoms with Crippen molar-refractivity contribution < 1.29 is 9.47 Å². The van der Waals surface area contributed by atoms with Crippen LogP contribution in [-0.2, 0) is 22.1 Å². The molecule has 2 aliphatic heterocycles. The normalized spacial score (nSPS) is 21.2. The number of para-hydroxylation sites is 2. The average Bonchev–Trinajstić information content (AvgIpc) is 3.48. The molecule has 0 spiro atoms. The van der Waals surface area contributed by atoms with Crippen molar-refractivity contribution in [2.24, 2.45) is 7.05 Å². The molecule has 2 aliphatic rings. The van der Waals surface area contributed by atoms with Crippen molar-refractivity contribution in [3.8, 4) is 5.95 Å². The summed E-state index contributed by atoms with van der Waals surface area (Å²) in [7, 11) is 3.81. The molecule has 1 N–H and O–H groups in total. The summed E-state index contributed by atoms with van der Waals surface area (Å²) in [4.78, 5) is 22.6. The molecule has 190 valence electrons. The molecule has 36 heavy (non-hydrogen) atoms. The lowest BCUT2D eigenvalue weighted by atomic mass is 9.93. The monoisotopic (exact) mass is 490 g/mol. The zero-order valence-corrected chi connectivity index (χ0v) is 21.5. The van der Waals surface area contributed by atoms with E-state index in [9.17, 15) is 0 Å². The van der Waals surface area contributed by atoms with E-state index >= 15 is 0 Å². The van der Waals surface area contributed by atoms with Crippen LogP contribution in [0, 0.1) is 0 Å². The largest absolute Gasteiger partial charge is 0.378 e. The molecule has 4 aromatic rings. The molecule has 0 amide bonds. The number of aryl methyl sites for hydroxylation is 1. The highest BCUT2D eigenvalue weighted by molar-refractivity contribution is 5.86. The van der Waals surface area contributed by atoms with Crippen LogP contribution in [0.2, 0.25) is 0 Å². The van der Waals surface area contributed by atoms with E-state index in [1.54, 1.807) is 7.11 Å². The van der Waals surface area contributed by atoms with Gasteiger partial charge in [0.25, 0.3) is 0 Å². The first-order valence-electron chi connectivity index (χ1n) is 12.8. The molecule has 1 unspecified atom stereocenters. The van der Waals surface area contributed by atoms with Gasteiger partial charge in [0.2, 0.25) is 5.95 Å². The van der Waals surface area contributed by atoms with Crippen LogP contribution >= 0.6 is 0 Å². The van der Waals surface area contributed by atoms with Gasteiger partial charge in [-0.3, -0.25) is 4.57 Å². The smallest absolute Gasteiger partial charge is 0.239 e. The maximum atomic E-state index is 6.13. The van der Waals surface area contributed by atoms with Gasteiger partial charge in [-0.05, 0) is 31.5 Å². The Labute approximate surface area is 210 Å². The van der Waals surface area contributed by atoms with Gasteiger partial charge < -0.3 is 24.3 Å². The number of nitrogens with zero attached hydrogens (tertiary/aromatic N) is 7. The van der Waals surface area contributed by atoms with E-state index < -0.39 is 5.60 Å². The van der Waals surface area contributed by atoms with Crippen LogP contribution in [0.1, 0.15) is 44.3 Å². The van der Waals surface area contributed by atoms with Gasteiger partial charge >= 0.3 is 0 Å². The number of rotatable bonds is 5. The van der Waals surface area contributed by atoms with Crippen molar-refractivity contribution in [3.05, 3.63) is 35.9 Å². The first-order chi connectivity index (χ1) is 17.5. The molecule has 0 bridgehead atoms. The minimum atomic E-state index is -0.499. The second kappa shape index (κ2) is 9.10. The van der Waals surface area contributed by atoms with Crippen LogP contribution in [0.4, 0.5) is 5.82 Å². The van der Waals surface area contributed by atoms with Gasteiger partial charge in [0.05, 0.1) is 24.2 Å². The summed E-state index contributed by atoms with van der Waals surface area (Å²) in [5.41, 5.74) is 3.04. The molecule has 1 atom stereocenters. The second-order valence-electron chi connectivity index (χ2n) is 10.0. The number of methoxy groups -OCH3 is 1. The van der Waals surface area contributed by atoms with Gasteiger partial charge in [-0.25, -0.2) is 9.97 Å². The first kappa shape index (κ1) is 23.3. The Balaban J connectivity index is 1.62. The Morgan fingerprint density at radius 1 is 1.08 bits per heavy atom. The summed E-state index contributed by atoms with van der Waals surface area (Å²) in [6.45, 7) is 8.86. The number of ether oxygens (including phenoxy) is 2. The highest BCUT2D eigenvalue weighted by Crippen LogP contribution is 2.36. The molecule has 0 aliphatic carbocycles. The fourth-order valence-corrected chi connectivity index (χ4v) is 5.51. The Hall–Kier alpha value is -3.08. The van der Waals surface area contributed by atoms with Crippen molar-refractivity contribution in [2.45, 2.75) is 38.2 Å². The third-order valence-corrected chi connectivity index (χ3v) is 7.45. The Morgan fingerprint density at radius 3 is 2.61 bits per heavy atom. The molecule has 0 radical (unpaired) electrons. The zero-order valence-electron chi connectivity index (χ0n) is 21.5. The van der Waals surface area contributed by atoms with E-state index in [2.05, 4.69) is 39.3 Å². The lowest BCUT2D eigenvalue weighted by Gasteiger charge is -2.35. The zero-order chi connectivity index (χ0) is 24.9. The highest BCUT2D eigenvalue weighted by Gasteiger charge is 2.39. The van der Waals surface area contributed by atoms with Crippen molar-refractivity contribution in [2.75, 3.05) is 51.4 Å². The van der Waals surface area contributed by atoms with Crippen LogP contribution in [0.3, 0.4) is 0 Å². The van der Waals surface area contributed by atoms with Gasteiger partial charge in [-0.15, -0.1) is 0 Å². The maximum Gasteiger partial charge on any atom is 0.239 e. The lowest BCUT2D eigenvalue weighted by molar-refractivity contribution is -0.0419. The Morgan fingerprint density at radius 2 is 1.89 bits per heavy atom. The summed E-state index contributed by atoms with van der Waals surface area (Å²) < 4.78 is 16.0. The number of fused-ring (bicyclic) bond motifs is 2. The molecule has 10 heteroatoms. The molecule has 10 nitrogen and oxygen atoms in total. The van der Waals surface area contributed by atoms with Gasteiger partial charge in [-0.2, -0.15) is 9.97 Å². The van der Waals surface area contributed by atoms with Crippen LogP contribution < -0.4 is 10.2 Å². The summed E-state index contributed by atoms with van der Waals surface area (Å²) in [6.07, 6.45) is 1.94. The number of anilines is 1. The van der Waals surface area contributed by atoms with E-state index in [-0.39, 0.29) is 5.92 Å². The molecule has 2 saturated heterocycles. The van der Waals surface area contributed by atoms with E-state index in [0.29, 0.717) is 19.2 Å². The number of morpholine rings is 1. The van der Waals surface area contributed by atoms with Crippen molar-refractivity contribution in [1.82, 2.24) is 34.4 Å². The fourth-order valence-electron chi connectivity index (χ4n) is 5.51. The minimum Gasteiger partial charge on any atom is -0.378 e. The number of imidazole rings is 2. The molecule has 2 fully saturated rings. The van der Waals surface area contributed by atoms with Crippen LogP contribution in [-0.4, -0.2) is 75.6 Å². The maximum absolute atomic E-state index is 6.13. The van der Waals surface area contributed by atoms with Crippen LogP contribution in [0.5, 0.6) is 0 Å². The van der Waals surface area contributed by atoms with Gasteiger partial charge in [-0.1, -0.05) is 26.0 Å². The summed E-state index contributed by atoms with van der Waals surface area (Å²) >= 11 is 0. The molecule has 3 aromatic heterocycles. The summed E-state index contributed by atoms with van der Waals surface area (Å²) in [6, 6.07) is 8.17. The number of nitrogens with one attached hydrogen (secondary N) is 1. The number of aromatic nitrogens is 6. The van der Waals surface area contributed by atoms with Crippen LogP contribution in [0.15, 0.2) is 24.3 Å². The topological polar surface area (TPSA) is 95.2 Å². The van der Waals surface area contributed by atoms with E-state index in [1.807, 2.05) is 25.2 Å². The molecular weight excluding hydrogens is 456 g/mol. The number of hydrogen-bond acceptors (Lipinski definition) is 8. The van der Waals surface area contributed by atoms with E-state index in [4.69, 9.17) is 29.4 Å². The van der Waals surface area contributed by atoms with E-state index in [1.165, 1.54) is 0 Å². The number of benzene rings is 1. The quantitative estimate of drug-likeness (QED) is 0.456. The Bertz CT molecular complexity index is 1400.